The zero-order chi connectivity index (χ0) is 35.3. The number of aromatic amines is 1. The van der Waals surface area contributed by atoms with Crippen molar-refractivity contribution in [1.29, 1.82) is 0 Å². The molecule has 4 aromatic heterocycles. The van der Waals surface area contributed by atoms with Gasteiger partial charge in [-0.3, -0.25) is 4.57 Å². The van der Waals surface area contributed by atoms with E-state index in [0.29, 0.717) is 11.5 Å². The predicted molar refractivity (Wildman–Crippen MR) is 208 cm³/mol. The topological polar surface area (TPSA) is 80.8 Å². The Bertz CT molecular complexity index is 2950. The normalized spacial score (nSPS) is 13.2. The zero-order valence-electron chi connectivity index (χ0n) is 30.4. The van der Waals surface area contributed by atoms with Gasteiger partial charge in [0.25, 0.3) is 0 Å². The second kappa shape index (κ2) is 12.1. The molecule has 6 nitrogen and oxygen atoms in total. The van der Waals surface area contributed by atoms with Crippen LogP contribution in [0, 0.1) is 0 Å². The number of hydrogen-bond donors (Lipinski definition) is 0. The van der Waals surface area contributed by atoms with E-state index in [-0.39, 0.29) is 30.0 Å². The van der Waals surface area contributed by atoms with Gasteiger partial charge in [-0.25, -0.2) is 19.9 Å². The monoisotopic (exact) mass is 680 g/mol. The third-order valence-electron chi connectivity index (χ3n) is 11.1. The summed E-state index contributed by atoms with van der Waals surface area (Å²) in [5, 5.41) is 17.1. The molecular formula is C46H35LiN5O+. The fourth-order valence-electron chi connectivity index (χ4n) is 8.26. The molecule has 53 heavy (non-hydrogen) atoms. The van der Waals surface area contributed by atoms with E-state index in [1.165, 1.54) is 38.6 Å². The van der Waals surface area contributed by atoms with Crippen molar-refractivity contribution in [2.75, 3.05) is 0 Å². The summed E-state index contributed by atoms with van der Waals surface area (Å²) < 4.78 is 2.28. The van der Waals surface area contributed by atoms with Gasteiger partial charge in [-0.05, 0) is 82.3 Å². The average Bonchev–Trinajstić information content (AvgIpc) is 3.61. The van der Waals surface area contributed by atoms with Gasteiger partial charge >= 0.3 is 18.9 Å². The van der Waals surface area contributed by atoms with Gasteiger partial charge in [-0.1, -0.05) is 94.1 Å². The van der Waals surface area contributed by atoms with E-state index < -0.39 is 0 Å². The quantitative estimate of drug-likeness (QED) is 0.149. The van der Waals surface area contributed by atoms with Crippen molar-refractivity contribution in [3.05, 3.63) is 144 Å². The predicted octanol–water partition coefficient (Wildman–Crippen LogP) is 6.93. The Morgan fingerprint density at radius 2 is 1.40 bits per heavy atom. The van der Waals surface area contributed by atoms with Crippen LogP contribution in [0.25, 0.3) is 83.2 Å². The molecular weight excluding hydrogens is 645 g/mol. The summed E-state index contributed by atoms with van der Waals surface area (Å²) in [4.78, 5) is 18.3. The molecule has 0 bridgehead atoms. The van der Waals surface area contributed by atoms with Crippen LogP contribution in [0.4, 0.5) is 0 Å². The molecule has 250 valence electrons. The van der Waals surface area contributed by atoms with Crippen LogP contribution in [0.15, 0.2) is 128 Å². The number of aromatic nitrogens is 5. The maximum atomic E-state index is 12.7. The van der Waals surface area contributed by atoms with Gasteiger partial charge in [0.2, 0.25) is 11.2 Å². The van der Waals surface area contributed by atoms with Gasteiger partial charge < -0.3 is 5.11 Å². The molecule has 1 aliphatic carbocycles. The molecule has 7 heteroatoms. The molecule has 9 aromatic rings. The summed E-state index contributed by atoms with van der Waals surface area (Å²) in [6, 6.07) is 41.8. The number of hydrogen-bond acceptors (Lipinski definition) is 4. The molecule has 0 unspecified atom stereocenters. The Hall–Kier alpha value is -5.80. The number of benzene rings is 5. The largest absolute Gasteiger partial charge is 1.00 e. The third kappa shape index (κ3) is 5.01. The fraction of sp³-hybridized carbons (Fsp3) is 0.130. The molecule has 0 radical (unpaired) electrons. The Morgan fingerprint density at radius 1 is 0.660 bits per heavy atom. The summed E-state index contributed by atoms with van der Waals surface area (Å²) in [6.45, 7) is 9.16. The maximum Gasteiger partial charge on any atom is 1.00 e. The molecule has 1 N–H and O–H groups in total. The van der Waals surface area contributed by atoms with Crippen LogP contribution in [0.2, 0.25) is 0 Å². The van der Waals surface area contributed by atoms with Crippen molar-refractivity contribution >= 4 is 43.6 Å². The average molecular weight is 681 g/mol. The Labute approximate surface area is 319 Å². The SMILES string of the molecule is CC(C)c1ccc2c(c1)c1cc3c(cc1n2-c1cc(-c2ccc4ccc5ccc(-c6ccccc6[O-])[nH+]c5c4n2)ncn1)-c1ccccc1C3(C)C.[Li+]. The van der Waals surface area contributed by atoms with Crippen LogP contribution in [-0.4, -0.2) is 19.5 Å². The number of nitrogens with zero attached hydrogens (tertiary/aromatic N) is 4. The number of fused-ring (bicyclic) bond motifs is 9. The number of para-hydroxylation sites is 1. The first-order chi connectivity index (χ1) is 25.3. The molecule has 0 saturated carbocycles. The van der Waals surface area contributed by atoms with Crippen LogP contribution in [0.3, 0.4) is 0 Å². The van der Waals surface area contributed by atoms with E-state index in [0.717, 1.165) is 55.7 Å². The van der Waals surface area contributed by atoms with E-state index >= 15 is 0 Å². The maximum absolute atomic E-state index is 12.7. The molecule has 0 atom stereocenters. The first-order valence-corrected chi connectivity index (χ1v) is 17.8. The van der Waals surface area contributed by atoms with Gasteiger partial charge in [0, 0.05) is 44.7 Å². The number of H-pyrrole nitrogens is 1. The van der Waals surface area contributed by atoms with E-state index in [4.69, 9.17) is 15.0 Å². The van der Waals surface area contributed by atoms with Crippen LogP contribution in [0.1, 0.15) is 50.3 Å². The minimum atomic E-state index is -0.102. The zero-order valence-corrected chi connectivity index (χ0v) is 30.4. The summed E-state index contributed by atoms with van der Waals surface area (Å²) >= 11 is 0. The number of nitrogens with one attached hydrogen (secondary N) is 1. The fourth-order valence-corrected chi connectivity index (χ4v) is 8.26. The van der Waals surface area contributed by atoms with Gasteiger partial charge in [0.05, 0.1) is 22.4 Å². The van der Waals surface area contributed by atoms with Crippen molar-refractivity contribution in [1.82, 2.24) is 19.5 Å². The second-order valence-corrected chi connectivity index (χ2v) is 14.8. The smallest absolute Gasteiger partial charge is 0.872 e. The van der Waals surface area contributed by atoms with Crippen molar-refractivity contribution in [2.45, 2.75) is 39.0 Å². The van der Waals surface area contributed by atoms with Crippen molar-refractivity contribution in [3.8, 4) is 45.3 Å². The van der Waals surface area contributed by atoms with Crippen LogP contribution in [-0.2, 0) is 5.41 Å². The van der Waals surface area contributed by atoms with E-state index in [2.05, 4.69) is 110 Å². The van der Waals surface area contributed by atoms with E-state index in [1.54, 1.807) is 18.5 Å². The second-order valence-electron chi connectivity index (χ2n) is 14.8. The van der Waals surface area contributed by atoms with Gasteiger partial charge in [0.1, 0.15) is 17.7 Å². The molecule has 0 amide bonds. The molecule has 0 aliphatic heterocycles. The summed E-state index contributed by atoms with van der Waals surface area (Å²) in [6.07, 6.45) is 1.64. The third-order valence-corrected chi connectivity index (χ3v) is 11.1. The van der Waals surface area contributed by atoms with Crippen LogP contribution < -0.4 is 29.0 Å². The minimum absolute atomic E-state index is 0. The molecule has 10 rings (SSSR count). The number of rotatable bonds is 4. The summed E-state index contributed by atoms with van der Waals surface area (Å²) in [5.74, 6) is 1.17. The number of pyridine rings is 2. The standard InChI is InChI=1S/C46H35N5O.Li/c1-26(2)29-17-20-40-33(21-29)34-22-36-32(30-9-5-7-11-35(30)46(36,3)4)23-41(34)51(40)43-24-39(47-25-48-43)38-19-16-28-14-13-27-15-18-37(49-44(27)45(28)50-38)31-10-6-8-12-42(31)52;/h5-26,52H,1-4H3;/q;+1. The van der Waals surface area contributed by atoms with Crippen molar-refractivity contribution < 1.29 is 29.0 Å². The molecule has 0 spiro atoms. The van der Waals surface area contributed by atoms with Crippen molar-refractivity contribution in [2.24, 2.45) is 0 Å². The Morgan fingerprint density at radius 3 is 2.23 bits per heavy atom. The van der Waals surface area contributed by atoms with Gasteiger partial charge in [0.15, 0.2) is 0 Å². The van der Waals surface area contributed by atoms with E-state index in [9.17, 15) is 5.11 Å². The Kier molecular flexibility index (Phi) is 7.57. The van der Waals surface area contributed by atoms with Crippen LogP contribution in [0.5, 0.6) is 5.75 Å². The van der Waals surface area contributed by atoms with Gasteiger partial charge in [-0.15, -0.1) is 0 Å². The van der Waals surface area contributed by atoms with Crippen molar-refractivity contribution in [3.63, 3.8) is 0 Å². The Balaban J connectivity index is 0.00000372. The first-order valence-electron chi connectivity index (χ1n) is 17.8. The molecule has 1 aliphatic rings. The van der Waals surface area contributed by atoms with Crippen LogP contribution >= 0.6 is 0 Å². The van der Waals surface area contributed by atoms with E-state index in [1.807, 2.05) is 36.4 Å². The summed E-state index contributed by atoms with van der Waals surface area (Å²) in [5.41, 5.74) is 13.2. The van der Waals surface area contributed by atoms with Gasteiger partial charge in [-0.2, -0.15) is 0 Å². The first kappa shape index (κ1) is 33.1. The molecule has 4 heterocycles. The minimum Gasteiger partial charge on any atom is -0.872 e. The molecule has 0 saturated heterocycles. The summed E-state index contributed by atoms with van der Waals surface area (Å²) in [7, 11) is 0. The molecule has 0 fully saturated rings. The molecule has 5 aromatic carbocycles.